The van der Waals surface area contributed by atoms with Gasteiger partial charge in [0.2, 0.25) is 0 Å². The number of hydrogen-bond donors (Lipinski definition) is 2. The van der Waals surface area contributed by atoms with Crippen LogP contribution in [0.1, 0.15) is 29.8 Å². The third-order valence-electron chi connectivity index (χ3n) is 2.58. The molecule has 0 heterocycles. The zero-order valence-electron chi connectivity index (χ0n) is 11.5. The quantitative estimate of drug-likeness (QED) is 0.838. The number of nitrogens with zero attached hydrogens (tertiary/aromatic N) is 1. The van der Waals surface area contributed by atoms with E-state index in [0.717, 1.165) is 23.1 Å². The van der Waals surface area contributed by atoms with Crippen LogP contribution in [0.15, 0.2) is 18.2 Å². The van der Waals surface area contributed by atoms with Gasteiger partial charge >= 0.3 is 6.18 Å². The van der Waals surface area contributed by atoms with E-state index in [2.05, 4.69) is 0 Å². The second-order valence-electron chi connectivity index (χ2n) is 5.27. The predicted molar refractivity (Wildman–Crippen MR) is 69.1 cm³/mol. The van der Waals surface area contributed by atoms with Gasteiger partial charge in [-0.25, -0.2) is 0 Å². The molecular formula is C13H17F3N2O2. The minimum Gasteiger partial charge on any atom is -0.398 e. The average molecular weight is 290 g/mol. The van der Waals surface area contributed by atoms with Crippen LogP contribution < -0.4 is 5.73 Å². The Morgan fingerprint density at radius 1 is 1.35 bits per heavy atom. The molecule has 0 fully saturated rings. The summed E-state index contributed by atoms with van der Waals surface area (Å²) in [6.45, 7) is 2.96. The fourth-order valence-corrected chi connectivity index (χ4v) is 1.78. The first-order valence-corrected chi connectivity index (χ1v) is 5.86. The molecule has 1 aromatic carbocycles. The van der Waals surface area contributed by atoms with Crippen LogP contribution in [0.2, 0.25) is 0 Å². The van der Waals surface area contributed by atoms with Crippen LogP contribution in [0.5, 0.6) is 0 Å². The number of alkyl halides is 3. The Labute approximate surface area is 115 Å². The van der Waals surface area contributed by atoms with Crippen LogP contribution in [0.3, 0.4) is 0 Å². The number of aliphatic hydroxyl groups is 1. The Bertz CT molecular complexity index is 507. The Balaban J connectivity index is 3.10. The van der Waals surface area contributed by atoms with E-state index in [9.17, 15) is 23.1 Å². The van der Waals surface area contributed by atoms with Crippen molar-refractivity contribution >= 4 is 11.6 Å². The molecule has 0 saturated heterocycles. The summed E-state index contributed by atoms with van der Waals surface area (Å²) in [5, 5.41) is 9.63. The zero-order valence-corrected chi connectivity index (χ0v) is 11.5. The van der Waals surface area contributed by atoms with Gasteiger partial charge in [0.15, 0.2) is 0 Å². The fourth-order valence-electron chi connectivity index (χ4n) is 1.78. The molecule has 1 amide bonds. The van der Waals surface area contributed by atoms with Crippen LogP contribution >= 0.6 is 0 Å². The molecule has 112 valence electrons. The maximum atomic E-state index is 12.6. The van der Waals surface area contributed by atoms with Gasteiger partial charge in [-0.05, 0) is 32.0 Å². The molecular weight excluding hydrogens is 273 g/mol. The van der Waals surface area contributed by atoms with E-state index in [-0.39, 0.29) is 17.8 Å². The lowest BCUT2D eigenvalue weighted by Crippen LogP contribution is -2.40. The van der Waals surface area contributed by atoms with Gasteiger partial charge in [0.25, 0.3) is 5.91 Å². The van der Waals surface area contributed by atoms with Gasteiger partial charge in [0, 0.05) is 19.3 Å². The lowest BCUT2D eigenvalue weighted by atomic mass is 10.1. The van der Waals surface area contributed by atoms with Crippen molar-refractivity contribution in [1.82, 2.24) is 4.90 Å². The molecule has 0 aliphatic carbocycles. The number of hydrogen-bond acceptors (Lipinski definition) is 3. The normalized spacial score (nSPS) is 12.3. The van der Waals surface area contributed by atoms with Crippen molar-refractivity contribution in [2.75, 3.05) is 19.3 Å². The smallest absolute Gasteiger partial charge is 0.398 e. The van der Waals surface area contributed by atoms with E-state index < -0.39 is 23.2 Å². The minimum atomic E-state index is -4.54. The number of amides is 1. The summed E-state index contributed by atoms with van der Waals surface area (Å²) in [4.78, 5) is 13.2. The minimum absolute atomic E-state index is 0.0263. The second kappa shape index (κ2) is 5.32. The van der Waals surface area contributed by atoms with Gasteiger partial charge in [-0.1, -0.05) is 0 Å². The molecule has 0 aliphatic rings. The maximum absolute atomic E-state index is 12.6. The molecule has 0 spiro atoms. The third-order valence-corrected chi connectivity index (χ3v) is 2.58. The van der Waals surface area contributed by atoms with Gasteiger partial charge in [-0.3, -0.25) is 4.79 Å². The number of rotatable bonds is 3. The Morgan fingerprint density at radius 2 is 1.90 bits per heavy atom. The van der Waals surface area contributed by atoms with E-state index in [1.54, 1.807) is 0 Å². The first-order valence-electron chi connectivity index (χ1n) is 5.86. The lowest BCUT2D eigenvalue weighted by molar-refractivity contribution is -0.137. The molecule has 0 aliphatic heterocycles. The summed E-state index contributed by atoms with van der Waals surface area (Å²) in [5.74, 6) is -0.671. The molecule has 0 saturated carbocycles. The van der Waals surface area contributed by atoms with Crippen molar-refractivity contribution in [2.24, 2.45) is 0 Å². The van der Waals surface area contributed by atoms with Crippen molar-refractivity contribution < 1.29 is 23.1 Å². The molecule has 1 rings (SSSR count). The van der Waals surface area contributed by atoms with Crippen LogP contribution in [-0.2, 0) is 6.18 Å². The van der Waals surface area contributed by atoms with Crippen molar-refractivity contribution in [1.29, 1.82) is 0 Å². The fraction of sp³-hybridized carbons (Fsp3) is 0.462. The van der Waals surface area contributed by atoms with Crippen molar-refractivity contribution in [3.05, 3.63) is 29.3 Å². The first kappa shape index (κ1) is 16.3. The maximum Gasteiger partial charge on any atom is 0.416 e. The molecule has 0 aromatic heterocycles. The standard InChI is InChI=1S/C13H17F3N2O2/c1-12(2,20)7-18(3)11(19)9-6-8(13(14,15)16)4-5-10(9)17/h4-6,20H,7,17H2,1-3H3. The number of anilines is 1. The number of halogens is 3. The van der Waals surface area contributed by atoms with Gasteiger partial charge in [0.05, 0.1) is 16.7 Å². The van der Waals surface area contributed by atoms with E-state index in [4.69, 9.17) is 5.73 Å². The monoisotopic (exact) mass is 290 g/mol. The third kappa shape index (κ3) is 4.12. The Kier molecular flexibility index (Phi) is 4.33. The van der Waals surface area contributed by atoms with E-state index in [1.807, 2.05) is 0 Å². The van der Waals surface area contributed by atoms with E-state index in [0.29, 0.717) is 0 Å². The summed E-state index contributed by atoms with van der Waals surface area (Å²) >= 11 is 0. The molecule has 7 heteroatoms. The Hall–Kier alpha value is -1.76. The Morgan fingerprint density at radius 3 is 2.35 bits per heavy atom. The average Bonchev–Trinajstić information content (AvgIpc) is 2.24. The number of nitrogens with two attached hydrogens (primary N) is 1. The number of nitrogen functional groups attached to an aromatic ring is 1. The van der Waals surface area contributed by atoms with Crippen molar-refractivity contribution in [3.8, 4) is 0 Å². The van der Waals surface area contributed by atoms with Crippen LogP contribution in [0, 0.1) is 0 Å². The highest BCUT2D eigenvalue weighted by atomic mass is 19.4. The van der Waals surface area contributed by atoms with Gasteiger partial charge in [-0.2, -0.15) is 13.2 Å². The second-order valence-corrected chi connectivity index (χ2v) is 5.27. The van der Waals surface area contributed by atoms with E-state index in [1.165, 1.54) is 20.9 Å². The highest BCUT2D eigenvalue weighted by Gasteiger charge is 2.32. The number of carbonyl (C=O) groups excluding carboxylic acids is 1. The number of benzene rings is 1. The zero-order chi connectivity index (χ0) is 15.7. The topological polar surface area (TPSA) is 66.6 Å². The molecule has 0 bridgehead atoms. The van der Waals surface area contributed by atoms with Gasteiger partial charge < -0.3 is 15.7 Å². The molecule has 3 N–H and O–H groups in total. The summed E-state index contributed by atoms with van der Waals surface area (Å²) in [5.41, 5.74) is 3.20. The van der Waals surface area contributed by atoms with Crippen LogP contribution in [0.4, 0.5) is 18.9 Å². The molecule has 1 aromatic rings. The molecule has 4 nitrogen and oxygen atoms in total. The summed E-state index contributed by atoms with van der Waals surface area (Å²) < 4.78 is 37.9. The summed E-state index contributed by atoms with van der Waals surface area (Å²) in [7, 11) is 1.39. The van der Waals surface area contributed by atoms with E-state index >= 15 is 0 Å². The predicted octanol–water partition coefficient (Wildman–Crippen LogP) is 2.13. The molecule has 0 radical (unpaired) electrons. The highest BCUT2D eigenvalue weighted by Crippen LogP contribution is 2.31. The summed E-state index contributed by atoms with van der Waals surface area (Å²) in [6, 6.07) is 2.59. The highest BCUT2D eigenvalue weighted by molar-refractivity contribution is 5.99. The van der Waals surface area contributed by atoms with Gasteiger partial charge in [-0.15, -0.1) is 0 Å². The molecule has 20 heavy (non-hydrogen) atoms. The molecule has 0 atom stereocenters. The van der Waals surface area contributed by atoms with Crippen LogP contribution in [-0.4, -0.2) is 35.1 Å². The van der Waals surface area contributed by atoms with Crippen molar-refractivity contribution in [2.45, 2.75) is 25.6 Å². The van der Waals surface area contributed by atoms with Gasteiger partial charge in [0.1, 0.15) is 0 Å². The van der Waals surface area contributed by atoms with Crippen molar-refractivity contribution in [3.63, 3.8) is 0 Å². The first-order chi connectivity index (χ1) is 8.92. The summed E-state index contributed by atoms with van der Waals surface area (Å²) in [6.07, 6.45) is -4.54. The number of carbonyl (C=O) groups is 1. The largest absolute Gasteiger partial charge is 0.416 e. The lowest BCUT2D eigenvalue weighted by Gasteiger charge is -2.26. The molecule has 0 unspecified atom stereocenters. The number of likely N-dealkylation sites (N-methyl/N-ethyl adjacent to an activating group) is 1. The van der Waals surface area contributed by atoms with Crippen LogP contribution in [0.25, 0.3) is 0 Å². The SMILES string of the molecule is CN(CC(C)(C)O)C(=O)c1cc(C(F)(F)F)ccc1N.